The lowest BCUT2D eigenvalue weighted by atomic mass is 10.1. The largest absolute Gasteiger partial charge is 0.348 e. The van der Waals surface area contributed by atoms with E-state index in [2.05, 4.69) is 26.0 Å². The molecule has 76 valence electrons. The van der Waals surface area contributed by atoms with Crippen LogP contribution in [0.15, 0.2) is 6.20 Å². The molecule has 1 saturated heterocycles. The molecule has 1 amide bonds. The van der Waals surface area contributed by atoms with Gasteiger partial charge >= 0.3 is 0 Å². The van der Waals surface area contributed by atoms with Crippen molar-refractivity contribution in [2.45, 2.75) is 18.9 Å². The summed E-state index contributed by atoms with van der Waals surface area (Å²) in [5.74, 6) is -0.148. The third-order valence-corrected chi connectivity index (χ3v) is 2.32. The maximum Gasteiger partial charge on any atom is 0.273 e. The summed E-state index contributed by atoms with van der Waals surface area (Å²) in [5, 5.41) is 15.9. The van der Waals surface area contributed by atoms with E-state index < -0.39 is 0 Å². The lowest BCUT2D eigenvalue weighted by Crippen LogP contribution is -2.42. The second-order valence-electron chi connectivity index (χ2n) is 3.35. The second kappa shape index (κ2) is 4.19. The van der Waals surface area contributed by atoms with Crippen LogP contribution in [0.25, 0.3) is 0 Å². The number of H-pyrrole nitrogens is 1. The number of aromatic amines is 1. The molecule has 1 aromatic heterocycles. The molecule has 3 N–H and O–H groups in total. The Hall–Kier alpha value is -1.43. The van der Waals surface area contributed by atoms with Crippen LogP contribution in [-0.4, -0.2) is 40.4 Å². The molecule has 0 radical (unpaired) electrons. The quantitative estimate of drug-likeness (QED) is 0.582. The van der Waals surface area contributed by atoms with Crippen molar-refractivity contribution in [3.8, 4) is 0 Å². The summed E-state index contributed by atoms with van der Waals surface area (Å²) in [5.41, 5.74) is 0.350. The zero-order chi connectivity index (χ0) is 9.80. The smallest absolute Gasteiger partial charge is 0.273 e. The average Bonchev–Trinajstić information content (AvgIpc) is 2.72. The van der Waals surface area contributed by atoms with Gasteiger partial charge in [-0.25, -0.2) is 0 Å². The van der Waals surface area contributed by atoms with Crippen molar-refractivity contribution in [3.63, 3.8) is 0 Å². The minimum atomic E-state index is -0.148. The Morgan fingerprint density at radius 2 is 2.29 bits per heavy atom. The first-order valence-electron chi connectivity index (χ1n) is 4.73. The van der Waals surface area contributed by atoms with Gasteiger partial charge in [-0.2, -0.15) is 15.4 Å². The highest BCUT2D eigenvalue weighted by Gasteiger charge is 2.17. The third kappa shape index (κ3) is 2.08. The molecule has 1 aliphatic heterocycles. The number of hydrogen-bond donors (Lipinski definition) is 3. The highest BCUT2D eigenvalue weighted by molar-refractivity contribution is 5.91. The lowest BCUT2D eigenvalue weighted by Gasteiger charge is -2.23. The molecule has 1 aromatic rings. The Balaban J connectivity index is 1.87. The summed E-state index contributed by atoms with van der Waals surface area (Å²) in [6.07, 6.45) is 3.38. The van der Waals surface area contributed by atoms with E-state index in [9.17, 15) is 4.79 Å². The van der Waals surface area contributed by atoms with Crippen molar-refractivity contribution in [1.29, 1.82) is 0 Å². The Bertz CT molecular complexity index is 291. The Kier molecular flexibility index (Phi) is 2.73. The molecule has 1 aliphatic rings. The number of nitrogens with one attached hydrogen (secondary N) is 3. The predicted molar refractivity (Wildman–Crippen MR) is 49.7 cm³/mol. The van der Waals surface area contributed by atoms with Gasteiger partial charge in [-0.1, -0.05) is 0 Å². The summed E-state index contributed by atoms with van der Waals surface area (Å²) in [6, 6.07) is 0.264. The van der Waals surface area contributed by atoms with Crippen LogP contribution in [-0.2, 0) is 0 Å². The summed E-state index contributed by atoms with van der Waals surface area (Å²) < 4.78 is 0. The number of piperidine rings is 1. The first kappa shape index (κ1) is 9.14. The van der Waals surface area contributed by atoms with Crippen LogP contribution in [0.3, 0.4) is 0 Å². The minimum absolute atomic E-state index is 0.148. The van der Waals surface area contributed by atoms with Crippen LogP contribution in [0, 0.1) is 0 Å². The molecule has 0 spiro atoms. The van der Waals surface area contributed by atoms with E-state index in [1.165, 1.54) is 6.20 Å². The molecule has 0 aliphatic carbocycles. The zero-order valence-electron chi connectivity index (χ0n) is 7.79. The zero-order valence-corrected chi connectivity index (χ0v) is 7.79. The summed E-state index contributed by atoms with van der Waals surface area (Å²) in [6.45, 7) is 1.92. The molecule has 14 heavy (non-hydrogen) atoms. The molecular formula is C8H13N5O. The Morgan fingerprint density at radius 3 is 2.93 bits per heavy atom. The van der Waals surface area contributed by atoms with E-state index in [1.807, 2.05) is 0 Å². The van der Waals surface area contributed by atoms with Gasteiger partial charge in [-0.15, -0.1) is 0 Å². The van der Waals surface area contributed by atoms with Crippen LogP contribution in [0.1, 0.15) is 23.3 Å². The van der Waals surface area contributed by atoms with Gasteiger partial charge < -0.3 is 10.6 Å². The molecule has 6 heteroatoms. The van der Waals surface area contributed by atoms with E-state index in [4.69, 9.17) is 0 Å². The van der Waals surface area contributed by atoms with Crippen molar-refractivity contribution >= 4 is 5.91 Å². The van der Waals surface area contributed by atoms with Crippen LogP contribution >= 0.6 is 0 Å². The third-order valence-electron chi connectivity index (χ3n) is 2.32. The van der Waals surface area contributed by atoms with Crippen LogP contribution in [0.2, 0.25) is 0 Å². The molecule has 0 unspecified atom stereocenters. The van der Waals surface area contributed by atoms with E-state index in [-0.39, 0.29) is 11.9 Å². The fraction of sp³-hybridized carbons (Fsp3) is 0.625. The van der Waals surface area contributed by atoms with Crippen LogP contribution in [0.4, 0.5) is 0 Å². The van der Waals surface area contributed by atoms with Crippen molar-refractivity contribution in [3.05, 3.63) is 11.9 Å². The first-order chi connectivity index (χ1) is 6.86. The SMILES string of the molecule is O=C(NC1CCNCC1)c1cn[nH]n1. The van der Waals surface area contributed by atoms with E-state index in [0.717, 1.165) is 25.9 Å². The number of carbonyl (C=O) groups excluding carboxylic acids is 1. The van der Waals surface area contributed by atoms with E-state index >= 15 is 0 Å². The van der Waals surface area contributed by atoms with Gasteiger partial charge in [0, 0.05) is 6.04 Å². The van der Waals surface area contributed by atoms with Gasteiger partial charge in [0.05, 0.1) is 6.20 Å². The van der Waals surface area contributed by atoms with Crippen molar-refractivity contribution in [2.24, 2.45) is 0 Å². The molecule has 0 atom stereocenters. The van der Waals surface area contributed by atoms with Crippen LogP contribution < -0.4 is 10.6 Å². The van der Waals surface area contributed by atoms with Gasteiger partial charge in [-0.3, -0.25) is 4.79 Å². The van der Waals surface area contributed by atoms with Crippen molar-refractivity contribution < 1.29 is 4.79 Å². The fourth-order valence-corrected chi connectivity index (χ4v) is 1.54. The highest BCUT2D eigenvalue weighted by Crippen LogP contribution is 2.02. The van der Waals surface area contributed by atoms with Gasteiger partial charge in [-0.05, 0) is 25.9 Å². The van der Waals surface area contributed by atoms with Gasteiger partial charge in [0.1, 0.15) is 0 Å². The number of rotatable bonds is 2. The maximum absolute atomic E-state index is 11.5. The molecule has 2 rings (SSSR count). The monoisotopic (exact) mass is 195 g/mol. The molecular weight excluding hydrogens is 182 g/mol. The van der Waals surface area contributed by atoms with Gasteiger partial charge in [0.2, 0.25) is 0 Å². The van der Waals surface area contributed by atoms with Gasteiger partial charge in [0.25, 0.3) is 5.91 Å². The Morgan fingerprint density at radius 1 is 1.50 bits per heavy atom. The number of aromatic nitrogens is 3. The Labute approximate surface area is 81.5 Å². The van der Waals surface area contributed by atoms with Crippen molar-refractivity contribution in [2.75, 3.05) is 13.1 Å². The topological polar surface area (TPSA) is 82.7 Å². The summed E-state index contributed by atoms with van der Waals surface area (Å²) in [4.78, 5) is 11.5. The molecule has 1 fully saturated rings. The number of carbonyl (C=O) groups is 1. The molecule has 0 saturated carbocycles. The van der Waals surface area contributed by atoms with Crippen LogP contribution in [0.5, 0.6) is 0 Å². The maximum atomic E-state index is 11.5. The van der Waals surface area contributed by atoms with E-state index in [0.29, 0.717) is 5.69 Å². The number of amides is 1. The van der Waals surface area contributed by atoms with E-state index in [1.54, 1.807) is 0 Å². The summed E-state index contributed by atoms with van der Waals surface area (Å²) in [7, 11) is 0. The predicted octanol–water partition coefficient (Wildman–Crippen LogP) is -0.713. The second-order valence-corrected chi connectivity index (χ2v) is 3.35. The van der Waals surface area contributed by atoms with Gasteiger partial charge in [0.15, 0.2) is 5.69 Å². The van der Waals surface area contributed by atoms with Crippen molar-refractivity contribution in [1.82, 2.24) is 26.0 Å². The standard InChI is InChI=1S/C8H13N5O/c14-8(7-5-10-13-12-7)11-6-1-3-9-4-2-6/h5-6,9H,1-4H2,(H,11,14)(H,10,12,13). The highest BCUT2D eigenvalue weighted by atomic mass is 16.2. The fourth-order valence-electron chi connectivity index (χ4n) is 1.54. The lowest BCUT2D eigenvalue weighted by molar-refractivity contribution is 0.0924. The summed E-state index contributed by atoms with van der Waals surface area (Å²) >= 11 is 0. The normalized spacial score (nSPS) is 18.0. The number of nitrogens with zero attached hydrogens (tertiary/aromatic N) is 2. The molecule has 0 bridgehead atoms. The molecule has 0 aromatic carbocycles. The molecule has 6 nitrogen and oxygen atoms in total. The minimum Gasteiger partial charge on any atom is -0.348 e. The average molecular weight is 195 g/mol. The molecule has 2 heterocycles. The first-order valence-corrected chi connectivity index (χ1v) is 4.73. The number of hydrogen-bond acceptors (Lipinski definition) is 4.